The van der Waals surface area contributed by atoms with Crippen LogP contribution in [0.3, 0.4) is 0 Å². The van der Waals surface area contributed by atoms with E-state index in [2.05, 4.69) is 135 Å². The molecule has 7 rings (SSSR count). The van der Waals surface area contributed by atoms with Gasteiger partial charge in [0.2, 0.25) is 5.78 Å². The Kier molecular flexibility index (Phi) is 4.56. The molecule has 1 aliphatic carbocycles. The lowest BCUT2D eigenvalue weighted by atomic mass is 10.1. The van der Waals surface area contributed by atoms with Gasteiger partial charge in [0.05, 0.1) is 22.1 Å². The van der Waals surface area contributed by atoms with E-state index in [4.69, 9.17) is 4.98 Å². The molecular weight excluding hydrogens is 428 g/mol. The van der Waals surface area contributed by atoms with Crippen molar-refractivity contribution < 1.29 is 0 Å². The van der Waals surface area contributed by atoms with E-state index in [9.17, 15) is 0 Å². The normalized spacial score (nSPS) is 13.5. The molecule has 6 aromatic rings. The van der Waals surface area contributed by atoms with E-state index in [-0.39, 0.29) is 0 Å². The molecule has 0 aliphatic heterocycles. The number of aromatic nitrogens is 3. The minimum atomic E-state index is 0.946. The van der Waals surface area contributed by atoms with E-state index >= 15 is 0 Å². The number of para-hydroxylation sites is 4. The summed E-state index contributed by atoms with van der Waals surface area (Å²) < 4.78 is 4.57. The van der Waals surface area contributed by atoms with Gasteiger partial charge in [-0.15, -0.1) is 0 Å². The Hall–Kier alpha value is -4.57. The third kappa shape index (κ3) is 3.18. The zero-order chi connectivity index (χ0) is 23.2. The molecule has 4 heteroatoms. The van der Waals surface area contributed by atoms with Crippen molar-refractivity contribution in [3.05, 3.63) is 121 Å². The first-order valence-corrected chi connectivity index (χ1v) is 12.1. The standard InChI is InChI=1S/C31H24N4/c1-4-12-23(13-5-1)33(24-14-6-2-7-15-24)26-20-21-28-27(22-26)32-31-34(25-16-8-3-9-17-25)29-18-10-11-19-30(29)35(28)31/h1-2,4-8,10-22H,3,9H2. The molecule has 0 amide bonds. The summed E-state index contributed by atoms with van der Waals surface area (Å²) in [6.07, 6.45) is 8.92. The largest absolute Gasteiger partial charge is 0.310 e. The van der Waals surface area contributed by atoms with Crippen LogP contribution in [-0.4, -0.2) is 14.0 Å². The van der Waals surface area contributed by atoms with Crippen LogP contribution in [0.25, 0.3) is 33.5 Å². The van der Waals surface area contributed by atoms with Gasteiger partial charge in [0, 0.05) is 22.8 Å². The van der Waals surface area contributed by atoms with Crippen molar-refractivity contribution >= 4 is 50.6 Å². The average Bonchev–Trinajstić information content (AvgIpc) is 3.44. The van der Waals surface area contributed by atoms with Crippen LogP contribution in [0, 0.1) is 0 Å². The molecule has 0 fully saturated rings. The molecule has 1 aliphatic rings. The molecule has 0 radical (unpaired) electrons. The van der Waals surface area contributed by atoms with Gasteiger partial charge in [0.15, 0.2) is 0 Å². The molecule has 0 N–H and O–H groups in total. The summed E-state index contributed by atoms with van der Waals surface area (Å²) in [5, 5.41) is 0. The molecule has 35 heavy (non-hydrogen) atoms. The van der Waals surface area contributed by atoms with Crippen molar-refractivity contribution in [2.45, 2.75) is 12.8 Å². The first-order valence-electron chi connectivity index (χ1n) is 12.1. The lowest BCUT2D eigenvalue weighted by molar-refractivity contribution is 1.01. The highest BCUT2D eigenvalue weighted by Gasteiger charge is 2.19. The van der Waals surface area contributed by atoms with Crippen molar-refractivity contribution in [2.24, 2.45) is 0 Å². The monoisotopic (exact) mass is 452 g/mol. The first kappa shape index (κ1) is 19.9. The fourth-order valence-corrected chi connectivity index (χ4v) is 5.15. The quantitative estimate of drug-likeness (QED) is 0.270. The third-order valence-electron chi connectivity index (χ3n) is 6.70. The van der Waals surface area contributed by atoms with Crippen molar-refractivity contribution in [3.63, 3.8) is 0 Å². The molecule has 4 aromatic carbocycles. The second kappa shape index (κ2) is 8.03. The van der Waals surface area contributed by atoms with Gasteiger partial charge >= 0.3 is 0 Å². The van der Waals surface area contributed by atoms with Crippen LogP contribution >= 0.6 is 0 Å². The molecule has 2 heterocycles. The highest BCUT2D eigenvalue weighted by molar-refractivity contribution is 5.95. The highest BCUT2D eigenvalue weighted by Crippen LogP contribution is 2.37. The Labute approximate surface area is 203 Å². The van der Waals surface area contributed by atoms with Crippen LogP contribution in [0.15, 0.2) is 121 Å². The fraction of sp³-hybridized carbons (Fsp3) is 0.0645. The number of allylic oxidation sites excluding steroid dienone is 4. The van der Waals surface area contributed by atoms with E-state index in [0.29, 0.717) is 0 Å². The zero-order valence-corrected chi connectivity index (χ0v) is 19.3. The molecule has 168 valence electrons. The summed E-state index contributed by atoms with van der Waals surface area (Å²) in [4.78, 5) is 7.46. The zero-order valence-electron chi connectivity index (χ0n) is 19.3. The van der Waals surface area contributed by atoms with Gasteiger partial charge < -0.3 is 4.90 Å². The Morgan fingerprint density at radius 1 is 0.629 bits per heavy atom. The average molecular weight is 453 g/mol. The maximum atomic E-state index is 5.18. The number of anilines is 3. The van der Waals surface area contributed by atoms with E-state index in [0.717, 1.165) is 46.7 Å². The Balaban J connectivity index is 1.48. The van der Waals surface area contributed by atoms with Crippen LogP contribution < -0.4 is 4.90 Å². The number of hydrogen-bond acceptors (Lipinski definition) is 2. The van der Waals surface area contributed by atoms with Crippen LogP contribution in [0.1, 0.15) is 12.8 Å². The van der Waals surface area contributed by atoms with Crippen LogP contribution in [0.2, 0.25) is 0 Å². The summed E-state index contributed by atoms with van der Waals surface area (Å²) in [5.74, 6) is 0.946. The number of fused-ring (bicyclic) bond motifs is 5. The molecule has 4 nitrogen and oxygen atoms in total. The van der Waals surface area contributed by atoms with Gasteiger partial charge in [-0.1, -0.05) is 60.7 Å². The highest BCUT2D eigenvalue weighted by atomic mass is 15.2. The summed E-state index contributed by atoms with van der Waals surface area (Å²) >= 11 is 0. The number of rotatable bonds is 4. The topological polar surface area (TPSA) is 25.5 Å². The van der Waals surface area contributed by atoms with Gasteiger partial charge in [0.25, 0.3) is 0 Å². The maximum Gasteiger partial charge on any atom is 0.220 e. The van der Waals surface area contributed by atoms with Crippen LogP contribution in [0.4, 0.5) is 17.1 Å². The molecule has 0 spiro atoms. The lowest BCUT2D eigenvalue weighted by Gasteiger charge is -2.25. The minimum absolute atomic E-state index is 0.946. The van der Waals surface area contributed by atoms with Crippen molar-refractivity contribution in [1.82, 2.24) is 14.0 Å². The summed E-state index contributed by atoms with van der Waals surface area (Å²) in [7, 11) is 0. The smallest absolute Gasteiger partial charge is 0.220 e. The van der Waals surface area contributed by atoms with Crippen molar-refractivity contribution in [2.75, 3.05) is 4.90 Å². The fourth-order valence-electron chi connectivity index (χ4n) is 5.15. The molecule has 2 aromatic heterocycles. The predicted octanol–water partition coefficient (Wildman–Crippen LogP) is 8.10. The lowest BCUT2D eigenvalue weighted by Crippen LogP contribution is -2.09. The summed E-state index contributed by atoms with van der Waals surface area (Å²) in [6.45, 7) is 0. The van der Waals surface area contributed by atoms with Gasteiger partial charge in [-0.3, -0.25) is 8.97 Å². The molecule has 0 saturated heterocycles. The molecular formula is C31H24N4. The van der Waals surface area contributed by atoms with E-state index in [1.54, 1.807) is 0 Å². The summed E-state index contributed by atoms with van der Waals surface area (Å²) in [6, 6.07) is 36.2. The maximum absolute atomic E-state index is 5.18. The number of benzene rings is 4. The van der Waals surface area contributed by atoms with Gasteiger partial charge in [-0.05, 0) is 73.5 Å². The number of imidazole rings is 2. The van der Waals surface area contributed by atoms with E-state index < -0.39 is 0 Å². The Morgan fingerprint density at radius 3 is 2.00 bits per heavy atom. The molecule has 0 atom stereocenters. The van der Waals surface area contributed by atoms with E-state index in [1.807, 2.05) is 0 Å². The van der Waals surface area contributed by atoms with Gasteiger partial charge in [-0.2, -0.15) is 0 Å². The molecule has 0 bridgehead atoms. The third-order valence-corrected chi connectivity index (χ3v) is 6.70. The number of nitrogens with zero attached hydrogens (tertiary/aromatic N) is 4. The summed E-state index contributed by atoms with van der Waals surface area (Å²) in [5.41, 5.74) is 8.95. The SMILES string of the molecule is C1=CC(n2c3ccccc3n3c4ccc(N(c5ccccc5)c5ccccc5)cc4nc23)=CCC1. The van der Waals surface area contributed by atoms with Gasteiger partial charge in [-0.25, -0.2) is 4.98 Å². The van der Waals surface area contributed by atoms with E-state index in [1.165, 1.54) is 16.7 Å². The second-order valence-corrected chi connectivity index (χ2v) is 8.86. The Morgan fingerprint density at radius 2 is 1.31 bits per heavy atom. The number of hydrogen-bond donors (Lipinski definition) is 0. The van der Waals surface area contributed by atoms with Crippen molar-refractivity contribution in [1.29, 1.82) is 0 Å². The molecule has 0 saturated carbocycles. The van der Waals surface area contributed by atoms with Crippen LogP contribution in [-0.2, 0) is 0 Å². The molecule has 0 unspecified atom stereocenters. The first-order chi connectivity index (χ1) is 17.4. The van der Waals surface area contributed by atoms with Crippen LogP contribution in [0.5, 0.6) is 0 Å². The Bertz CT molecular complexity index is 1700. The second-order valence-electron chi connectivity index (χ2n) is 8.86. The predicted molar refractivity (Wildman–Crippen MR) is 146 cm³/mol. The minimum Gasteiger partial charge on any atom is -0.310 e. The van der Waals surface area contributed by atoms with Gasteiger partial charge in [0.1, 0.15) is 0 Å². The van der Waals surface area contributed by atoms with Crippen molar-refractivity contribution in [3.8, 4) is 0 Å².